The van der Waals surface area contributed by atoms with Crippen molar-refractivity contribution < 1.29 is 13.3 Å². The van der Waals surface area contributed by atoms with E-state index >= 15 is 0 Å². The van der Waals surface area contributed by atoms with Gasteiger partial charge >= 0.3 is 0 Å². The van der Waals surface area contributed by atoms with Gasteiger partial charge in [0, 0.05) is 43.0 Å². The molecule has 1 aliphatic rings. The summed E-state index contributed by atoms with van der Waals surface area (Å²) in [4.78, 5) is 28.8. The van der Waals surface area contributed by atoms with E-state index in [2.05, 4.69) is 15.3 Å². The maximum absolute atomic E-state index is 12.7. The molecule has 0 aliphatic carbocycles. The minimum atomic E-state index is -3.71. The highest BCUT2D eigenvalue weighted by molar-refractivity contribution is 7.89. The molecule has 150 valence electrons. The zero-order chi connectivity index (χ0) is 20.3. The summed E-state index contributed by atoms with van der Waals surface area (Å²) in [6.07, 6.45) is 1.74. The van der Waals surface area contributed by atoms with Crippen molar-refractivity contribution in [3.63, 3.8) is 0 Å². The predicted octanol–water partition coefficient (Wildman–Crippen LogP) is 1.51. The number of nitro benzene ring substituents is 1. The molecule has 0 amide bonds. The summed E-state index contributed by atoms with van der Waals surface area (Å²) >= 11 is 0. The van der Waals surface area contributed by atoms with Gasteiger partial charge in [-0.05, 0) is 31.4 Å². The quantitative estimate of drug-likeness (QED) is 0.546. The Morgan fingerprint density at radius 3 is 2.50 bits per heavy atom. The number of aromatic amines is 1. The summed E-state index contributed by atoms with van der Waals surface area (Å²) in [5, 5.41) is 13.9. The van der Waals surface area contributed by atoms with Crippen LogP contribution in [0, 0.1) is 10.1 Å². The molecule has 2 N–H and O–H groups in total. The molecule has 0 radical (unpaired) electrons. The number of piperidine rings is 1. The Balaban J connectivity index is 1.65. The largest absolute Gasteiger partial charge is 0.353 e. The minimum Gasteiger partial charge on any atom is -0.353 e. The van der Waals surface area contributed by atoms with E-state index in [-0.39, 0.29) is 22.2 Å². The predicted molar refractivity (Wildman–Crippen MR) is 103 cm³/mol. The number of nitrogens with one attached hydrogen (secondary N) is 2. The maximum atomic E-state index is 12.7. The average Bonchev–Trinajstić information content (AvgIpc) is 2.68. The lowest BCUT2D eigenvalue weighted by Gasteiger charge is -2.31. The van der Waals surface area contributed by atoms with Gasteiger partial charge in [0.2, 0.25) is 16.0 Å². The molecule has 0 saturated carbocycles. The molecule has 0 atom stereocenters. The van der Waals surface area contributed by atoms with Gasteiger partial charge in [0.1, 0.15) is 0 Å². The van der Waals surface area contributed by atoms with E-state index < -0.39 is 14.9 Å². The van der Waals surface area contributed by atoms with Gasteiger partial charge in [0.15, 0.2) is 0 Å². The molecule has 2 aromatic rings. The first-order valence-corrected chi connectivity index (χ1v) is 10.3. The molecule has 3 rings (SSSR count). The maximum Gasteiger partial charge on any atom is 0.269 e. The fourth-order valence-electron chi connectivity index (χ4n) is 3.08. The van der Waals surface area contributed by atoms with Crippen molar-refractivity contribution in [2.75, 3.05) is 18.4 Å². The number of hydrogen-bond donors (Lipinski definition) is 2. The monoisotopic (exact) mass is 407 g/mol. The Hall–Kier alpha value is -2.79. The fourth-order valence-corrected chi connectivity index (χ4v) is 4.55. The average molecular weight is 407 g/mol. The minimum absolute atomic E-state index is 0.0152. The molecular formula is C17H21N5O5S. The van der Waals surface area contributed by atoms with Gasteiger partial charge in [0.05, 0.1) is 9.82 Å². The van der Waals surface area contributed by atoms with E-state index in [9.17, 15) is 23.3 Å². The number of anilines is 1. The third kappa shape index (κ3) is 4.37. The van der Waals surface area contributed by atoms with Crippen LogP contribution >= 0.6 is 0 Å². The number of benzene rings is 1. The zero-order valence-electron chi connectivity index (χ0n) is 15.3. The molecule has 0 unspecified atom stereocenters. The lowest BCUT2D eigenvalue weighted by atomic mass is 10.1. The Kier molecular flexibility index (Phi) is 5.75. The molecule has 11 heteroatoms. The van der Waals surface area contributed by atoms with Gasteiger partial charge in [-0.15, -0.1) is 0 Å². The normalized spacial score (nSPS) is 16.0. The van der Waals surface area contributed by atoms with Crippen LogP contribution in [0.4, 0.5) is 11.6 Å². The van der Waals surface area contributed by atoms with Gasteiger partial charge in [-0.25, -0.2) is 13.4 Å². The molecule has 0 bridgehead atoms. The molecule has 10 nitrogen and oxygen atoms in total. The number of nitro groups is 1. The standard InChI is InChI=1S/C17H21N5O5S/c1-2-12-11-16(23)20-17(18-12)19-13-7-9-21(10-8-13)28(26,27)15-5-3-14(4-6-15)22(24)25/h3-6,11,13H,2,7-10H2,1H3,(H2,18,19,20,23). The van der Waals surface area contributed by atoms with Crippen LogP contribution in [0.5, 0.6) is 0 Å². The van der Waals surface area contributed by atoms with Crippen LogP contribution in [0.1, 0.15) is 25.5 Å². The van der Waals surface area contributed by atoms with Crippen molar-refractivity contribution in [1.29, 1.82) is 0 Å². The van der Waals surface area contributed by atoms with E-state index in [4.69, 9.17) is 0 Å². The molecule has 1 aromatic carbocycles. The molecular weight excluding hydrogens is 386 g/mol. The smallest absolute Gasteiger partial charge is 0.269 e. The summed E-state index contributed by atoms with van der Waals surface area (Å²) in [7, 11) is -3.71. The fraction of sp³-hybridized carbons (Fsp3) is 0.412. The van der Waals surface area contributed by atoms with Gasteiger partial charge in [-0.3, -0.25) is 19.9 Å². The molecule has 1 aromatic heterocycles. The Bertz CT molecular complexity index is 1010. The molecule has 1 saturated heterocycles. The second-order valence-corrected chi connectivity index (χ2v) is 8.45. The first-order chi connectivity index (χ1) is 13.3. The Labute approximate surface area is 161 Å². The number of rotatable bonds is 6. The van der Waals surface area contributed by atoms with Gasteiger partial charge in [-0.2, -0.15) is 4.31 Å². The number of nitrogens with zero attached hydrogens (tertiary/aromatic N) is 3. The summed E-state index contributed by atoms with van der Waals surface area (Å²) in [6, 6.07) is 6.31. The summed E-state index contributed by atoms with van der Waals surface area (Å²) in [5.74, 6) is 0.390. The van der Waals surface area contributed by atoms with Crippen molar-refractivity contribution >= 4 is 21.7 Å². The highest BCUT2D eigenvalue weighted by Crippen LogP contribution is 2.23. The van der Waals surface area contributed by atoms with Crippen LogP contribution in [0.3, 0.4) is 0 Å². The third-order valence-electron chi connectivity index (χ3n) is 4.64. The first-order valence-electron chi connectivity index (χ1n) is 8.91. The highest BCUT2D eigenvalue weighted by Gasteiger charge is 2.30. The second-order valence-electron chi connectivity index (χ2n) is 6.51. The summed E-state index contributed by atoms with van der Waals surface area (Å²) < 4.78 is 26.8. The van der Waals surface area contributed by atoms with Crippen LogP contribution in [-0.2, 0) is 16.4 Å². The number of sulfonamides is 1. The Morgan fingerprint density at radius 2 is 1.93 bits per heavy atom. The zero-order valence-corrected chi connectivity index (χ0v) is 16.1. The summed E-state index contributed by atoms with van der Waals surface area (Å²) in [6.45, 7) is 2.51. The first kappa shape index (κ1) is 20.0. The number of non-ortho nitro benzene ring substituents is 1. The second kappa shape index (κ2) is 8.07. The lowest BCUT2D eigenvalue weighted by molar-refractivity contribution is -0.384. The van der Waals surface area contributed by atoms with E-state index in [1.807, 2.05) is 6.92 Å². The van der Waals surface area contributed by atoms with E-state index in [1.54, 1.807) is 0 Å². The van der Waals surface area contributed by atoms with Crippen molar-refractivity contribution in [2.45, 2.75) is 37.1 Å². The third-order valence-corrected chi connectivity index (χ3v) is 6.55. The van der Waals surface area contributed by atoms with Crippen LogP contribution in [0.2, 0.25) is 0 Å². The van der Waals surface area contributed by atoms with Crippen molar-refractivity contribution in [1.82, 2.24) is 14.3 Å². The molecule has 2 heterocycles. The number of aryl methyl sites for hydroxylation is 1. The molecule has 1 aliphatic heterocycles. The van der Waals surface area contributed by atoms with E-state index in [0.717, 1.165) is 0 Å². The molecule has 28 heavy (non-hydrogen) atoms. The van der Waals surface area contributed by atoms with Gasteiger partial charge in [-0.1, -0.05) is 6.92 Å². The van der Waals surface area contributed by atoms with E-state index in [0.29, 0.717) is 44.0 Å². The van der Waals surface area contributed by atoms with Crippen molar-refractivity contribution in [3.8, 4) is 0 Å². The Morgan fingerprint density at radius 1 is 1.29 bits per heavy atom. The van der Waals surface area contributed by atoms with E-state index in [1.165, 1.54) is 34.6 Å². The SMILES string of the molecule is CCc1cc(=O)[nH]c(NC2CCN(S(=O)(=O)c3ccc([N+](=O)[O-])cc3)CC2)n1. The molecule has 0 spiro atoms. The lowest BCUT2D eigenvalue weighted by Crippen LogP contribution is -2.42. The van der Waals surface area contributed by atoms with Gasteiger partial charge < -0.3 is 5.32 Å². The van der Waals surface area contributed by atoms with Gasteiger partial charge in [0.25, 0.3) is 11.2 Å². The van der Waals surface area contributed by atoms with Crippen molar-refractivity contribution in [3.05, 3.63) is 56.5 Å². The van der Waals surface area contributed by atoms with Crippen LogP contribution in [0.25, 0.3) is 0 Å². The molecule has 1 fully saturated rings. The van der Waals surface area contributed by atoms with Crippen LogP contribution < -0.4 is 10.9 Å². The number of aromatic nitrogens is 2. The number of hydrogen-bond acceptors (Lipinski definition) is 7. The van der Waals surface area contributed by atoms with Crippen LogP contribution in [-0.4, -0.2) is 46.7 Å². The van der Waals surface area contributed by atoms with Crippen LogP contribution in [0.15, 0.2) is 40.0 Å². The number of H-pyrrole nitrogens is 1. The summed E-state index contributed by atoms with van der Waals surface area (Å²) in [5.41, 5.74) is 0.301. The topological polar surface area (TPSA) is 138 Å². The van der Waals surface area contributed by atoms with Crippen molar-refractivity contribution in [2.24, 2.45) is 0 Å². The highest BCUT2D eigenvalue weighted by atomic mass is 32.2.